The van der Waals surface area contributed by atoms with E-state index >= 15 is 0 Å². The normalized spacial score (nSPS) is 17.6. The van der Waals surface area contributed by atoms with Crippen molar-refractivity contribution in [3.63, 3.8) is 0 Å². The highest BCUT2D eigenvalue weighted by atomic mass is 32.2. The zero-order valence-electron chi connectivity index (χ0n) is 18.3. The van der Waals surface area contributed by atoms with E-state index in [-0.39, 0.29) is 5.91 Å². The van der Waals surface area contributed by atoms with E-state index in [1.165, 1.54) is 4.90 Å². The third-order valence-corrected chi connectivity index (χ3v) is 4.77. The van der Waals surface area contributed by atoms with Gasteiger partial charge in [-0.1, -0.05) is 0 Å². The third-order valence-electron chi connectivity index (χ3n) is 4.27. The first-order chi connectivity index (χ1) is 13.8. The summed E-state index contributed by atoms with van der Waals surface area (Å²) in [6.07, 6.45) is 1.82. The lowest BCUT2D eigenvalue weighted by atomic mass is 10.1. The number of nitrogens with zero attached hydrogens (tertiary/aromatic N) is 3. The lowest BCUT2D eigenvalue weighted by Crippen LogP contribution is -2.45. The number of benzene rings is 1. The molecule has 0 spiro atoms. The lowest BCUT2D eigenvalue weighted by Gasteiger charge is -2.28. The van der Waals surface area contributed by atoms with Gasteiger partial charge in [-0.2, -0.15) is 0 Å². The van der Waals surface area contributed by atoms with E-state index in [1.54, 1.807) is 64.0 Å². The molecular formula is C20H30N4O5S. The molecule has 1 fully saturated rings. The summed E-state index contributed by atoms with van der Waals surface area (Å²) in [7, 11) is -0.158. The van der Waals surface area contributed by atoms with Crippen molar-refractivity contribution in [3.05, 3.63) is 29.8 Å². The van der Waals surface area contributed by atoms with Gasteiger partial charge in [-0.05, 0) is 57.9 Å². The first kappa shape index (κ1) is 23.7. The van der Waals surface area contributed by atoms with Gasteiger partial charge in [0.25, 0.3) is 10.0 Å². The van der Waals surface area contributed by atoms with Crippen LogP contribution in [0.2, 0.25) is 0 Å². The zero-order valence-corrected chi connectivity index (χ0v) is 19.1. The number of amidine groups is 1. The van der Waals surface area contributed by atoms with Gasteiger partial charge in [-0.25, -0.2) is 13.2 Å². The molecule has 30 heavy (non-hydrogen) atoms. The van der Waals surface area contributed by atoms with Gasteiger partial charge in [0.15, 0.2) is 0 Å². The molecular weight excluding hydrogens is 408 g/mol. The molecule has 0 radical (unpaired) electrons. The standard InChI is InChI=1S/C20H30N4O5S/c1-20(2,3)29-19(26)24-13-7-8-16(24)18(25)21-15-11-9-14(10-12-15)17(23(4)5)22-30(6,27)28/h9-12,16H,7-8,13H2,1-6H3,(H,21,25). The van der Waals surface area contributed by atoms with Crippen LogP contribution in [0.3, 0.4) is 0 Å². The molecule has 0 bridgehead atoms. The second-order valence-corrected chi connectivity index (χ2v) is 10.1. The van der Waals surface area contributed by atoms with Crippen LogP contribution in [0.5, 0.6) is 0 Å². The Kier molecular flexibility index (Phi) is 7.12. The summed E-state index contributed by atoms with van der Waals surface area (Å²) in [6, 6.07) is 6.10. The predicted octanol–water partition coefficient (Wildman–Crippen LogP) is 2.29. The Hall–Kier alpha value is -2.62. The molecule has 1 atom stereocenters. The second-order valence-electron chi connectivity index (χ2n) is 8.44. The average Bonchev–Trinajstić information content (AvgIpc) is 3.08. The van der Waals surface area contributed by atoms with E-state index in [4.69, 9.17) is 4.74 Å². The molecule has 1 aromatic carbocycles. The number of nitrogens with one attached hydrogen (secondary N) is 1. The molecule has 1 heterocycles. The van der Waals surface area contributed by atoms with E-state index in [0.29, 0.717) is 30.1 Å². The quantitative estimate of drug-likeness (QED) is 0.571. The molecule has 1 aliphatic heterocycles. The first-order valence-electron chi connectivity index (χ1n) is 9.65. The molecule has 1 saturated heterocycles. The molecule has 166 valence electrons. The van der Waals surface area contributed by atoms with Crippen LogP contribution >= 0.6 is 0 Å². The molecule has 1 N–H and O–H groups in total. The number of hydrogen-bond acceptors (Lipinski definition) is 5. The molecule has 0 aliphatic carbocycles. The molecule has 0 aromatic heterocycles. The third kappa shape index (κ3) is 6.72. The number of amides is 2. The first-order valence-corrected chi connectivity index (χ1v) is 11.5. The summed E-state index contributed by atoms with van der Waals surface area (Å²) in [5.41, 5.74) is 0.505. The largest absolute Gasteiger partial charge is 0.444 e. The minimum atomic E-state index is -3.56. The Labute approximate surface area is 178 Å². The minimum Gasteiger partial charge on any atom is -0.444 e. The zero-order chi connectivity index (χ0) is 22.7. The maximum Gasteiger partial charge on any atom is 0.410 e. The van der Waals surface area contributed by atoms with Crippen LogP contribution in [0, 0.1) is 0 Å². The Morgan fingerprint density at radius 1 is 1.20 bits per heavy atom. The molecule has 1 aliphatic rings. The van der Waals surface area contributed by atoms with Gasteiger partial charge in [0, 0.05) is 31.9 Å². The summed E-state index contributed by atoms with van der Waals surface area (Å²) >= 11 is 0. The van der Waals surface area contributed by atoms with E-state index in [1.807, 2.05) is 0 Å². The van der Waals surface area contributed by atoms with E-state index < -0.39 is 27.8 Å². The number of anilines is 1. The minimum absolute atomic E-state index is 0.288. The van der Waals surface area contributed by atoms with Crippen molar-refractivity contribution in [3.8, 4) is 0 Å². The smallest absolute Gasteiger partial charge is 0.410 e. The maximum atomic E-state index is 12.7. The van der Waals surface area contributed by atoms with Crippen LogP contribution in [0.4, 0.5) is 10.5 Å². The summed E-state index contributed by atoms with van der Waals surface area (Å²) in [6.45, 7) is 5.83. The molecule has 0 saturated carbocycles. The van der Waals surface area contributed by atoms with E-state index in [2.05, 4.69) is 9.71 Å². The van der Waals surface area contributed by atoms with Crippen LogP contribution in [-0.4, -0.2) is 74.6 Å². The van der Waals surface area contributed by atoms with Gasteiger partial charge in [-0.15, -0.1) is 4.40 Å². The van der Waals surface area contributed by atoms with Crippen molar-refractivity contribution in [1.82, 2.24) is 9.80 Å². The van der Waals surface area contributed by atoms with Gasteiger partial charge in [0.05, 0.1) is 6.26 Å². The van der Waals surface area contributed by atoms with Crippen LogP contribution in [-0.2, 0) is 19.6 Å². The van der Waals surface area contributed by atoms with Crippen molar-refractivity contribution in [2.75, 3.05) is 32.2 Å². The number of rotatable bonds is 4. The number of carbonyl (C=O) groups excluding carboxylic acids is 2. The number of likely N-dealkylation sites (tertiary alicyclic amines) is 1. The predicted molar refractivity (Wildman–Crippen MR) is 116 cm³/mol. The van der Waals surface area contributed by atoms with Crippen LogP contribution in [0.1, 0.15) is 39.2 Å². The monoisotopic (exact) mass is 438 g/mol. The fourth-order valence-corrected chi connectivity index (χ4v) is 3.64. The highest BCUT2D eigenvalue weighted by molar-refractivity contribution is 7.89. The van der Waals surface area contributed by atoms with Crippen molar-refractivity contribution < 1.29 is 22.7 Å². The Morgan fingerprint density at radius 2 is 1.80 bits per heavy atom. The Bertz CT molecular complexity index is 918. The summed E-state index contributed by atoms with van der Waals surface area (Å²) in [5, 5.41) is 2.82. The van der Waals surface area contributed by atoms with Crippen LogP contribution in [0.15, 0.2) is 28.7 Å². The van der Waals surface area contributed by atoms with Crippen molar-refractivity contribution in [1.29, 1.82) is 0 Å². The lowest BCUT2D eigenvalue weighted by molar-refractivity contribution is -0.120. The summed E-state index contributed by atoms with van der Waals surface area (Å²) in [5.74, 6) is 0.00557. The maximum absolute atomic E-state index is 12.7. The number of carbonyl (C=O) groups is 2. The fourth-order valence-electron chi connectivity index (χ4n) is 3.06. The average molecular weight is 439 g/mol. The fraction of sp³-hybridized carbons (Fsp3) is 0.550. The second kappa shape index (κ2) is 9.03. The number of ether oxygens (including phenoxy) is 1. The van der Waals surface area contributed by atoms with Gasteiger partial charge in [-0.3, -0.25) is 9.69 Å². The highest BCUT2D eigenvalue weighted by Crippen LogP contribution is 2.22. The SMILES string of the molecule is CN(C)C(=NS(C)(=O)=O)c1ccc(NC(=O)C2CCCN2C(=O)OC(C)(C)C)cc1. The Balaban J connectivity index is 2.12. The number of hydrogen-bond donors (Lipinski definition) is 1. The van der Waals surface area contributed by atoms with E-state index in [9.17, 15) is 18.0 Å². The van der Waals surface area contributed by atoms with Gasteiger partial charge in [0.1, 0.15) is 17.5 Å². The van der Waals surface area contributed by atoms with Crippen molar-refractivity contribution >= 4 is 33.5 Å². The number of sulfonamides is 1. The van der Waals surface area contributed by atoms with Gasteiger partial charge >= 0.3 is 6.09 Å². The molecule has 2 amide bonds. The van der Waals surface area contributed by atoms with Gasteiger partial charge in [0.2, 0.25) is 5.91 Å². The summed E-state index contributed by atoms with van der Waals surface area (Å²) in [4.78, 5) is 28.2. The van der Waals surface area contributed by atoms with Gasteiger partial charge < -0.3 is 15.0 Å². The molecule has 1 unspecified atom stereocenters. The van der Waals surface area contributed by atoms with Crippen LogP contribution < -0.4 is 5.32 Å². The van der Waals surface area contributed by atoms with Crippen molar-refractivity contribution in [2.45, 2.75) is 45.3 Å². The van der Waals surface area contributed by atoms with Crippen molar-refractivity contribution in [2.24, 2.45) is 4.40 Å². The Morgan fingerprint density at radius 3 is 2.30 bits per heavy atom. The molecule has 1 aromatic rings. The van der Waals surface area contributed by atoms with Crippen LogP contribution in [0.25, 0.3) is 0 Å². The topological polar surface area (TPSA) is 108 Å². The molecule has 9 nitrogen and oxygen atoms in total. The highest BCUT2D eigenvalue weighted by Gasteiger charge is 2.36. The summed E-state index contributed by atoms with van der Waals surface area (Å²) < 4.78 is 32.2. The van der Waals surface area contributed by atoms with E-state index in [0.717, 1.165) is 12.7 Å². The molecule has 2 rings (SSSR count). The molecule has 10 heteroatoms.